The zero-order valence-corrected chi connectivity index (χ0v) is 9.90. The number of nitrogens with one attached hydrogen (secondary N) is 1. The molecule has 0 unspecified atom stereocenters. The second-order valence-electron chi connectivity index (χ2n) is 3.37. The molecule has 0 aliphatic rings. The molecule has 0 aromatic heterocycles. The third-order valence-electron chi connectivity index (χ3n) is 1.92. The van der Waals surface area contributed by atoms with Crippen LogP contribution in [0.25, 0.3) is 6.08 Å². The van der Waals surface area contributed by atoms with Gasteiger partial charge in [0, 0.05) is 6.92 Å². The molecule has 17 heavy (non-hydrogen) atoms. The van der Waals surface area contributed by atoms with Crippen molar-refractivity contribution in [3.63, 3.8) is 0 Å². The van der Waals surface area contributed by atoms with Gasteiger partial charge in [0.1, 0.15) is 5.70 Å². The summed E-state index contributed by atoms with van der Waals surface area (Å²) < 4.78 is 4.86. The molecule has 1 N–H and O–H groups in total. The van der Waals surface area contributed by atoms with Crippen LogP contribution in [0.4, 0.5) is 0 Å². The topological polar surface area (TPSA) is 55.4 Å². The van der Waals surface area contributed by atoms with Crippen molar-refractivity contribution < 1.29 is 14.3 Å². The van der Waals surface area contributed by atoms with E-state index in [4.69, 9.17) is 4.74 Å². The van der Waals surface area contributed by atoms with Gasteiger partial charge in [0.05, 0.1) is 6.61 Å². The summed E-state index contributed by atoms with van der Waals surface area (Å²) in [5.74, 6) is -0.841. The Morgan fingerprint density at radius 2 is 1.94 bits per heavy atom. The van der Waals surface area contributed by atoms with Crippen LogP contribution in [0.1, 0.15) is 19.4 Å². The molecule has 0 aliphatic carbocycles. The standard InChI is InChI=1S/C13H15NO3/c1-3-17-13(16)12(14-10(2)15)9-11-7-5-4-6-8-11/h4-9H,3H2,1-2H3,(H,14,15)/b12-9-. The van der Waals surface area contributed by atoms with Gasteiger partial charge in [-0.1, -0.05) is 30.3 Å². The summed E-state index contributed by atoms with van der Waals surface area (Å²) >= 11 is 0. The summed E-state index contributed by atoms with van der Waals surface area (Å²) in [6.07, 6.45) is 1.58. The molecule has 0 heterocycles. The molecule has 0 saturated carbocycles. The van der Waals surface area contributed by atoms with Crippen LogP contribution in [0.3, 0.4) is 0 Å². The highest BCUT2D eigenvalue weighted by atomic mass is 16.5. The van der Waals surface area contributed by atoms with E-state index in [9.17, 15) is 9.59 Å². The first-order valence-electron chi connectivity index (χ1n) is 5.35. The van der Waals surface area contributed by atoms with Gasteiger partial charge >= 0.3 is 5.97 Å². The van der Waals surface area contributed by atoms with Crippen LogP contribution in [0.15, 0.2) is 36.0 Å². The molecule has 90 valence electrons. The van der Waals surface area contributed by atoms with Crippen LogP contribution >= 0.6 is 0 Å². The van der Waals surface area contributed by atoms with Gasteiger partial charge in [-0.3, -0.25) is 4.79 Å². The molecule has 0 radical (unpaired) electrons. The molecule has 1 amide bonds. The smallest absolute Gasteiger partial charge is 0.354 e. The number of ether oxygens (including phenoxy) is 1. The first-order chi connectivity index (χ1) is 8.13. The van der Waals surface area contributed by atoms with E-state index >= 15 is 0 Å². The molecule has 1 aromatic carbocycles. The summed E-state index contributed by atoms with van der Waals surface area (Å²) in [6, 6.07) is 9.24. The van der Waals surface area contributed by atoms with Gasteiger partial charge in [-0.2, -0.15) is 0 Å². The Kier molecular flexibility index (Phi) is 4.94. The van der Waals surface area contributed by atoms with Crippen molar-refractivity contribution >= 4 is 18.0 Å². The Hall–Kier alpha value is -2.10. The second kappa shape index (κ2) is 6.48. The fourth-order valence-corrected chi connectivity index (χ4v) is 1.26. The van der Waals surface area contributed by atoms with Crippen molar-refractivity contribution in [2.24, 2.45) is 0 Å². The van der Waals surface area contributed by atoms with Crippen molar-refractivity contribution in [2.75, 3.05) is 6.61 Å². The Labute approximate surface area is 100 Å². The Morgan fingerprint density at radius 1 is 1.29 bits per heavy atom. The molecule has 0 fully saturated rings. The van der Waals surface area contributed by atoms with Gasteiger partial charge in [-0.25, -0.2) is 4.79 Å². The largest absolute Gasteiger partial charge is 0.461 e. The van der Waals surface area contributed by atoms with Crippen LogP contribution in [-0.4, -0.2) is 18.5 Å². The summed E-state index contributed by atoms with van der Waals surface area (Å²) in [7, 11) is 0. The monoisotopic (exact) mass is 233 g/mol. The fourth-order valence-electron chi connectivity index (χ4n) is 1.26. The zero-order chi connectivity index (χ0) is 12.7. The molecule has 0 spiro atoms. The van der Waals surface area contributed by atoms with Gasteiger partial charge < -0.3 is 10.1 Å². The number of rotatable bonds is 4. The minimum atomic E-state index is -0.536. The number of benzene rings is 1. The van der Waals surface area contributed by atoms with Crippen molar-refractivity contribution in [1.82, 2.24) is 5.32 Å². The minimum Gasteiger partial charge on any atom is -0.461 e. The average Bonchev–Trinajstić information content (AvgIpc) is 2.29. The maximum Gasteiger partial charge on any atom is 0.354 e. The first-order valence-corrected chi connectivity index (χ1v) is 5.35. The third kappa shape index (κ3) is 4.51. The quantitative estimate of drug-likeness (QED) is 0.636. The predicted molar refractivity (Wildman–Crippen MR) is 64.9 cm³/mol. The van der Waals surface area contributed by atoms with E-state index in [0.29, 0.717) is 0 Å². The normalized spacial score (nSPS) is 10.8. The fraction of sp³-hybridized carbons (Fsp3) is 0.231. The van der Waals surface area contributed by atoms with E-state index in [0.717, 1.165) is 5.56 Å². The van der Waals surface area contributed by atoms with E-state index in [2.05, 4.69) is 5.32 Å². The molecule has 4 heteroatoms. The van der Waals surface area contributed by atoms with Crippen molar-refractivity contribution in [3.05, 3.63) is 41.6 Å². The molecular weight excluding hydrogens is 218 g/mol. The lowest BCUT2D eigenvalue weighted by Gasteiger charge is -2.07. The van der Waals surface area contributed by atoms with Gasteiger partial charge in [-0.15, -0.1) is 0 Å². The second-order valence-corrected chi connectivity index (χ2v) is 3.37. The van der Waals surface area contributed by atoms with Crippen molar-refractivity contribution in [1.29, 1.82) is 0 Å². The number of esters is 1. The molecule has 1 rings (SSSR count). The highest BCUT2D eigenvalue weighted by Crippen LogP contribution is 2.06. The van der Waals surface area contributed by atoms with E-state index in [1.54, 1.807) is 13.0 Å². The lowest BCUT2D eigenvalue weighted by Crippen LogP contribution is -2.26. The third-order valence-corrected chi connectivity index (χ3v) is 1.92. The molecule has 0 atom stereocenters. The van der Waals surface area contributed by atoms with E-state index in [1.807, 2.05) is 30.3 Å². The summed E-state index contributed by atoms with van der Waals surface area (Å²) in [6.45, 7) is 3.33. The Morgan fingerprint density at radius 3 is 2.47 bits per heavy atom. The maximum absolute atomic E-state index is 11.6. The molecule has 0 saturated heterocycles. The van der Waals surface area contributed by atoms with E-state index in [-0.39, 0.29) is 18.2 Å². The molecule has 1 aromatic rings. The SMILES string of the molecule is CCOC(=O)/C(=C/c1ccccc1)NC(C)=O. The highest BCUT2D eigenvalue weighted by Gasteiger charge is 2.11. The predicted octanol–water partition coefficient (Wildman–Crippen LogP) is 1.73. The average molecular weight is 233 g/mol. The Balaban J connectivity index is 2.93. The van der Waals surface area contributed by atoms with Crippen LogP contribution < -0.4 is 5.32 Å². The number of carbonyl (C=O) groups is 2. The summed E-state index contributed by atoms with van der Waals surface area (Å²) in [4.78, 5) is 22.6. The van der Waals surface area contributed by atoms with Crippen molar-refractivity contribution in [2.45, 2.75) is 13.8 Å². The van der Waals surface area contributed by atoms with Gasteiger partial charge in [0.25, 0.3) is 0 Å². The molecule has 4 nitrogen and oxygen atoms in total. The van der Waals surface area contributed by atoms with Gasteiger partial charge in [0.15, 0.2) is 0 Å². The van der Waals surface area contributed by atoms with Crippen molar-refractivity contribution in [3.8, 4) is 0 Å². The van der Waals surface area contributed by atoms with Crippen LogP contribution in [0.2, 0.25) is 0 Å². The maximum atomic E-state index is 11.6. The summed E-state index contributed by atoms with van der Waals surface area (Å²) in [5.41, 5.74) is 0.967. The number of hydrogen-bond acceptors (Lipinski definition) is 3. The first kappa shape index (κ1) is 13.0. The van der Waals surface area contributed by atoms with Gasteiger partial charge in [-0.05, 0) is 18.6 Å². The zero-order valence-electron chi connectivity index (χ0n) is 9.90. The van der Waals surface area contributed by atoms with E-state index in [1.165, 1.54) is 6.92 Å². The van der Waals surface area contributed by atoms with E-state index < -0.39 is 5.97 Å². The van der Waals surface area contributed by atoms with Crippen LogP contribution in [0.5, 0.6) is 0 Å². The van der Waals surface area contributed by atoms with Crippen LogP contribution in [0, 0.1) is 0 Å². The van der Waals surface area contributed by atoms with Gasteiger partial charge in [0.2, 0.25) is 5.91 Å². The summed E-state index contributed by atoms with van der Waals surface area (Å²) in [5, 5.41) is 2.46. The molecule has 0 bridgehead atoms. The lowest BCUT2D eigenvalue weighted by molar-refractivity contribution is -0.139. The Bertz CT molecular complexity index is 424. The number of amides is 1. The van der Waals surface area contributed by atoms with Crippen LogP contribution in [-0.2, 0) is 14.3 Å². The highest BCUT2D eigenvalue weighted by molar-refractivity contribution is 5.97. The lowest BCUT2D eigenvalue weighted by atomic mass is 10.2. The minimum absolute atomic E-state index is 0.144. The number of carbonyl (C=O) groups excluding carboxylic acids is 2. The molecule has 0 aliphatic heterocycles. The molecular formula is C13H15NO3. The number of hydrogen-bond donors (Lipinski definition) is 1.